The Hall–Kier alpha value is -2.16. The maximum Gasteiger partial charge on any atom is 0.131 e. The van der Waals surface area contributed by atoms with Crippen LogP contribution in [0, 0.1) is 4.91 Å². The van der Waals surface area contributed by atoms with Gasteiger partial charge in [-0.25, -0.2) is 0 Å². The van der Waals surface area contributed by atoms with Crippen molar-refractivity contribution in [2.24, 2.45) is 5.18 Å². The lowest BCUT2D eigenvalue weighted by Crippen LogP contribution is -2.10. The van der Waals surface area contributed by atoms with Crippen LogP contribution in [0.5, 0.6) is 0 Å². The molecule has 0 spiro atoms. The van der Waals surface area contributed by atoms with Crippen molar-refractivity contribution in [3.63, 3.8) is 0 Å². The molecule has 0 aliphatic heterocycles. The predicted octanol–water partition coefficient (Wildman–Crippen LogP) is 5.13. The van der Waals surface area contributed by atoms with Gasteiger partial charge >= 0.3 is 0 Å². The first-order valence-corrected chi connectivity index (χ1v) is 6.30. The molecule has 98 valence electrons. The molecule has 0 saturated heterocycles. The van der Waals surface area contributed by atoms with Crippen molar-refractivity contribution in [2.45, 2.75) is 26.2 Å². The van der Waals surface area contributed by atoms with Crippen LogP contribution in [0.4, 0.5) is 17.1 Å². The zero-order valence-corrected chi connectivity index (χ0v) is 11.5. The van der Waals surface area contributed by atoms with Crippen molar-refractivity contribution >= 4 is 17.1 Å². The van der Waals surface area contributed by atoms with E-state index in [1.807, 2.05) is 48.5 Å². The van der Waals surface area contributed by atoms with Gasteiger partial charge in [0.15, 0.2) is 0 Å². The van der Waals surface area contributed by atoms with E-state index < -0.39 is 0 Å². The summed E-state index contributed by atoms with van der Waals surface area (Å²) < 4.78 is 0. The molecular formula is C16H18N2O. The molecule has 3 heteroatoms. The highest BCUT2D eigenvalue weighted by atomic mass is 16.3. The second-order valence-electron chi connectivity index (χ2n) is 5.56. The third kappa shape index (κ3) is 3.19. The van der Waals surface area contributed by atoms with Gasteiger partial charge < -0.3 is 5.32 Å². The Kier molecular flexibility index (Phi) is 3.65. The Morgan fingerprint density at radius 2 is 1.68 bits per heavy atom. The first-order valence-electron chi connectivity index (χ1n) is 6.30. The third-order valence-electron chi connectivity index (χ3n) is 3.01. The second kappa shape index (κ2) is 5.22. The average molecular weight is 254 g/mol. The second-order valence-corrected chi connectivity index (χ2v) is 5.56. The van der Waals surface area contributed by atoms with E-state index in [2.05, 4.69) is 31.3 Å². The van der Waals surface area contributed by atoms with Gasteiger partial charge in [-0.05, 0) is 40.4 Å². The number of nitrogens with one attached hydrogen (secondary N) is 1. The molecule has 2 aromatic rings. The van der Waals surface area contributed by atoms with Crippen LogP contribution in [0.15, 0.2) is 53.7 Å². The summed E-state index contributed by atoms with van der Waals surface area (Å²) in [6.45, 7) is 6.34. The van der Waals surface area contributed by atoms with Crippen LogP contribution < -0.4 is 5.32 Å². The molecule has 0 fully saturated rings. The highest BCUT2D eigenvalue weighted by Crippen LogP contribution is 2.33. The molecule has 0 unspecified atom stereocenters. The fourth-order valence-electron chi connectivity index (χ4n) is 1.86. The van der Waals surface area contributed by atoms with Gasteiger partial charge in [-0.3, -0.25) is 0 Å². The van der Waals surface area contributed by atoms with E-state index in [0.29, 0.717) is 5.69 Å². The smallest absolute Gasteiger partial charge is 0.131 e. The fourth-order valence-corrected chi connectivity index (χ4v) is 1.86. The van der Waals surface area contributed by atoms with Crippen molar-refractivity contribution in [3.05, 3.63) is 59.0 Å². The van der Waals surface area contributed by atoms with E-state index in [1.165, 1.54) is 0 Å². The highest BCUT2D eigenvalue weighted by Gasteiger charge is 2.15. The van der Waals surface area contributed by atoms with Crippen LogP contribution in [-0.4, -0.2) is 0 Å². The van der Waals surface area contributed by atoms with Gasteiger partial charge in [0.1, 0.15) is 5.69 Å². The quantitative estimate of drug-likeness (QED) is 0.772. The average Bonchev–Trinajstić information content (AvgIpc) is 2.39. The van der Waals surface area contributed by atoms with Crippen molar-refractivity contribution < 1.29 is 0 Å². The number of nitrogens with zero attached hydrogens (tertiary/aromatic N) is 1. The van der Waals surface area contributed by atoms with Gasteiger partial charge in [-0.2, -0.15) is 0 Å². The van der Waals surface area contributed by atoms with Crippen LogP contribution >= 0.6 is 0 Å². The summed E-state index contributed by atoms with van der Waals surface area (Å²) in [7, 11) is 0. The molecule has 0 aliphatic carbocycles. The molecule has 2 rings (SSSR count). The number of para-hydroxylation sites is 1. The summed E-state index contributed by atoms with van der Waals surface area (Å²) in [6, 6.07) is 15.5. The number of benzene rings is 2. The maximum absolute atomic E-state index is 11.0. The lowest BCUT2D eigenvalue weighted by Gasteiger charge is -2.20. The summed E-state index contributed by atoms with van der Waals surface area (Å²) in [5.41, 5.74) is 3.21. The number of rotatable bonds is 3. The Morgan fingerprint density at radius 1 is 1.00 bits per heavy atom. The number of nitroso groups, excluding NO2 is 1. The zero-order valence-electron chi connectivity index (χ0n) is 11.5. The summed E-state index contributed by atoms with van der Waals surface area (Å²) in [5, 5.41) is 6.34. The van der Waals surface area contributed by atoms with E-state index in [9.17, 15) is 4.91 Å². The van der Waals surface area contributed by atoms with Gasteiger partial charge in [0.05, 0.1) is 5.69 Å². The van der Waals surface area contributed by atoms with E-state index in [1.54, 1.807) is 0 Å². The van der Waals surface area contributed by atoms with Crippen LogP contribution in [0.1, 0.15) is 26.3 Å². The Balaban J connectivity index is 2.34. The molecule has 0 bridgehead atoms. The SMILES string of the molecule is CC(C)(C)c1ccc(Nc2ccccc2)c(N=O)c1. The fraction of sp³-hybridized carbons (Fsp3) is 0.250. The van der Waals surface area contributed by atoms with Crippen molar-refractivity contribution in [1.29, 1.82) is 0 Å². The number of hydrogen-bond donors (Lipinski definition) is 1. The summed E-state index contributed by atoms with van der Waals surface area (Å²) in [5.74, 6) is 0. The molecule has 0 atom stereocenters. The van der Waals surface area contributed by atoms with Crippen LogP contribution in [0.25, 0.3) is 0 Å². The molecule has 0 saturated carbocycles. The zero-order chi connectivity index (χ0) is 13.9. The minimum atomic E-state index is 0.00468. The van der Waals surface area contributed by atoms with Crippen LogP contribution in [-0.2, 0) is 5.41 Å². The molecule has 0 heterocycles. The van der Waals surface area contributed by atoms with Crippen molar-refractivity contribution in [3.8, 4) is 0 Å². The lowest BCUT2D eigenvalue weighted by atomic mass is 9.86. The minimum Gasteiger partial charge on any atom is -0.354 e. The number of hydrogen-bond acceptors (Lipinski definition) is 3. The Morgan fingerprint density at radius 3 is 2.26 bits per heavy atom. The van der Waals surface area contributed by atoms with Gasteiger partial charge in [-0.1, -0.05) is 45.0 Å². The molecule has 0 aromatic heterocycles. The van der Waals surface area contributed by atoms with Gasteiger partial charge in [0.2, 0.25) is 0 Å². The third-order valence-corrected chi connectivity index (χ3v) is 3.01. The lowest BCUT2D eigenvalue weighted by molar-refractivity contribution is 0.590. The first kappa shape index (κ1) is 13.3. The molecule has 3 nitrogen and oxygen atoms in total. The predicted molar refractivity (Wildman–Crippen MR) is 80.3 cm³/mol. The summed E-state index contributed by atoms with van der Waals surface area (Å²) >= 11 is 0. The topological polar surface area (TPSA) is 41.5 Å². The van der Waals surface area contributed by atoms with Crippen LogP contribution in [0.3, 0.4) is 0 Å². The van der Waals surface area contributed by atoms with Gasteiger partial charge in [0, 0.05) is 5.69 Å². The van der Waals surface area contributed by atoms with Crippen molar-refractivity contribution in [2.75, 3.05) is 5.32 Å². The van der Waals surface area contributed by atoms with Gasteiger partial charge in [0.25, 0.3) is 0 Å². The van der Waals surface area contributed by atoms with E-state index in [-0.39, 0.29) is 5.41 Å². The normalized spacial score (nSPS) is 11.1. The Labute approximate surface area is 113 Å². The van der Waals surface area contributed by atoms with Gasteiger partial charge in [-0.15, -0.1) is 4.91 Å². The van der Waals surface area contributed by atoms with Crippen molar-refractivity contribution in [1.82, 2.24) is 0 Å². The molecular weight excluding hydrogens is 236 g/mol. The number of anilines is 2. The first-order chi connectivity index (χ1) is 9.00. The monoisotopic (exact) mass is 254 g/mol. The molecule has 2 aromatic carbocycles. The molecule has 19 heavy (non-hydrogen) atoms. The molecule has 0 radical (unpaired) electrons. The summed E-state index contributed by atoms with van der Waals surface area (Å²) in [6.07, 6.45) is 0. The summed E-state index contributed by atoms with van der Waals surface area (Å²) in [4.78, 5) is 11.0. The maximum atomic E-state index is 11.0. The minimum absolute atomic E-state index is 0.00468. The van der Waals surface area contributed by atoms with Crippen LogP contribution in [0.2, 0.25) is 0 Å². The largest absolute Gasteiger partial charge is 0.354 e. The molecule has 0 amide bonds. The molecule has 1 N–H and O–H groups in total. The van der Waals surface area contributed by atoms with E-state index in [0.717, 1.165) is 16.9 Å². The van der Waals surface area contributed by atoms with E-state index >= 15 is 0 Å². The molecule has 0 aliphatic rings. The highest BCUT2D eigenvalue weighted by molar-refractivity contribution is 5.72. The standard InChI is InChI=1S/C16H18N2O/c1-16(2,3)12-9-10-14(15(11-12)18-19)17-13-7-5-4-6-8-13/h4-11,17H,1-3H3. The van der Waals surface area contributed by atoms with E-state index in [4.69, 9.17) is 0 Å². The Bertz CT molecular complexity index is 571.